The molecule has 3 N–H and O–H groups in total. The number of nitrogens with zero attached hydrogens (tertiary/aromatic N) is 4. The quantitative estimate of drug-likeness (QED) is 0.487. The molecule has 3 aromatic rings. The minimum Gasteiger partial charge on any atom is -0.384 e. The number of aromatic amines is 1. The summed E-state index contributed by atoms with van der Waals surface area (Å²) in [5.74, 6) is -0.0179. The van der Waals surface area contributed by atoms with E-state index in [1.165, 1.54) is 25.4 Å². The molecule has 136 valence electrons. The van der Waals surface area contributed by atoms with Crippen molar-refractivity contribution < 1.29 is 4.79 Å². The number of carbonyl (C=O) groups is 1. The number of Topliss-reactive ketones (excluding diaryl/α,β-unsaturated/α-hetero) is 1. The second-order valence-electron chi connectivity index (χ2n) is 5.53. The molecule has 0 saturated carbocycles. The largest absolute Gasteiger partial charge is 0.384 e. The predicted molar refractivity (Wildman–Crippen MR) is 101 cm³/mol. The zero-order valence-electron chi connectivity index (χ0n) is 14.2. The number of thioether (sulfide) groups is 1. The molecule has 0 aromatic carbocycles. The average Bonchev–Trinajstić information content (AvgIpc) is 3.29. The Morgan fingerprint density at radius 2 is 2.08 bits per heavy atom. The van der Waals surface area contributed by atoms with Crippen LogP contribution in [0.3, 0.4) is 0 Å². The van der Waals surface area contributed by atoms with Crippen molar-refractivity contribution >= 4 is 34.7 Å². The summed E-state index contributed by atoms with van der Waals surface area (Å²) in [6.07, 6.45) is 0. The van der Waals surface area contributed by atoms with E-state index in [9.17, 15) is 14.4 Å². The normalized spacial score (nSPS) is 12.3. The second kappa shape index (κ2) is 6.92. The molecule has 3 aromatic heterocycles. The molecule has 9 nitrogen and oxygen atoms in total. The van der Waals surface area contributed by atoms with E-state index in [-0.39, 0.29) is 11.4 Å². The fourth-order valence-electron chi connectivity index (χ4n) is 2.33. The van der Waals surface area contributed by atoms with Crippen LogP contribution in [-0.2, 0) is 14.1 Å². The van der Waals surface area contributed by atoms with Gasteiger partial charge in [-0.3, -0.25) is 23.8 Å². The molecule has 3 heterocycles. The van der Waals surface area contributed by atoms with Crippen LogP contribution < -0.4 is 17.0 Å². The maximum atomic E-state index is 12.7. The van der Waals surface area contributed by atoms with Crippen molar-refractivity contribution in [2.24, 2.45) is 14.1 Å². The monoisotopic (exact) mass is 392 g/mol. The first-order valence-electron chi connectivity index (χ1n) is 7.54. The molecule has 0 bridgehead atoms. The van der Waals surface area contributed by atoms with Gasteiger partial charge in [-0.15, -0.1) is 16.4 Å². The van der Waals surface area contributed by atoms with Gasteiger partial charge in [-0.2, -0.15) is 0 Å². The van der Waals surface area contributed by atoms with Gasteiger partial charge in [0.1, 0.15) is 11.4 Å². The van der Waals surface area contributed by atoms with E-state index >= 15 is 0 Å². The number of thiophene rings is 1. The summed E-state index contributed by atoms with van der Waals surface area (Å²) in [5.41, 5.74) is 4.34. The number of nitrogen functional groups attached to an aromatic ring is 1. The molecule has 0 aliphatic carbocycles. The third kappa shape index (κ3) is 3.10. The van der Waals surface area contributed by atoms with E-state index < -0.39 is 22.3 Å². The summed E-state index contributed by atoms with van der Waals surface area (Å²) in [6.45, 7) is 1.64. The smallest absolute Gasteiger partial charge is 0.332 e. The van der Waals surface area contributed by atoms with Gasteiger partial charge in [-0.1, -0.05) is 17.8 Å². The fourth-order valence-corrected chi connectivity index (χ4v) is 3.78. The number of hydrogen-bond acceptors (Lipinski definition) is 8. The highest BCUT2D eigenvalue weighted by molar-refractivity contribution is 8.00. The lowest BCUT2D eigenvalue weighted by atomic mass is 10.1. The summed E-state index contributed by atoms with van der Waals surface area (Å²) >= 11 is 2.63. The third-order valence-electron chi connectivity index (χ3n) is 3.83. The first-order chi connectivity index (χ1) is 12.3. The van der Waals surface area contributed by atoms with Crippen LogP contribution in [0, 0.1) is 0 Å². The van der Waals surface area contributed by atoms with Crippen LogP contribution in [0.2, 0.25) is 0 Å². The van der Waals surface area contributed by atoms with Gasteiger partial charge in [0.05, 0.1) is 10.1 Å². The summed E-state index contributed by atoms with van der Waals surface area (Å²) in [7, 11) is 2.72. The molecular formula is C15H16N6O3S2. The highest BCUT2D eigenvalue weighted by atomic mass is 32.2. The number of ketones is 1. The van der Waals surface area contributed by atoms with Crippen molar-refractivity contribution in [3.05, 3.63) is 43.9 Å². The Kier molecular flexibility index (Phi) is 4.83. The maximum absolute atomic E-state index is 12.7. The molecule has 11 heteroatoms. The maximum Gasteiger partial charge on any atom is 0.332 e. The molecule has 0 radical (unpaired) electrons. The molecule has 26 heavy (non-hydrogen) atoms. The number of nitrogens with two attached hydrogens (primary N) is 1. The first kappa shape index (κ1) is 18.1. The minimum atomic E-state index is -0.711. The molecule has 0 unspecified atom stereocenters. The summed E-state index contributed by atoms with van der Waals surface area (Å²) in [5, 5.41) is 8.57. The van der Waals surface area contributed by atoms with E-state index in [1.807, 2.05) is 17.5 Å². The standard InChI is InChI=1S/C15H16N6O3S2/c1-7(26-14-17-12(18-19-14)8-5-4-6-25-8)10(22)9-11(16)20(2)15(24)21(3)13(9)23/h4-7H,16H2,1-3H3,(H,17,18,19)/t7-/m1/s1. The van der Waals surface area contributed by atoms with Crippen molar-refractivity contribution in [1.82, 2.24) is 24.3 Å². The third-order valence-corrected chi connectivity index (χ3v) is 5.66. The van der Waals surface area contributed by atoms with Gasteiger partial charge in [0.2, 0.25) is 5.16 Å². The van der Waals surface area contributed by atoms with Crippen LogP contribution in [-0.4, -0.2) is 35.3 Å². The molecule has 0 spiro atoms. The first-order valence-corrected chi connectivity index (χ1v) is 9.29. The molecule has 0 aliphatic heterocycles. The lowest BCUT2D eigenvalue weighted by molar-refractivity contribution is 0.0992. The van der Waals surface area contributed by atoms with Crippen molar-refractivity contribution in [2.45, 2.75) is 17.3 Å². The van der Waals surface area contributed by atoms with Crippen molar-refractivity contribution in [3.63, 3.8) is 0 Å². The number of rotatable bonds is 5. The Bertz CT molecular complexity index is 1080. The van der Waals surface area contributed by atoms with Crippen molar-refractivity contribution in [1.29, 1.82) is 0 Å². The van der Waals surface area contributed by atoms with Gasteiger partial charge < -0.3 is 5.73 Å². The SMILES string of the molecule is C[C@@H](Sc1n[nH]c(-c2cccs2)n1)C(=O)c1c(N)n(C)c(=O)n(C)c1=O. The van der Waals surface area contributed by atoms with Crippen LogP contribution in [0.25, 0.3) is 10.7 Å². The van der Waals surface area contributed by atoms with E-state index in [4.69, 9.17) is 5.73 Å². The van der Waals surface area contributed by atoms with E-state index in [1.54, 1.807) is 6.92 Å². The van der Waals surface area contributed by atoms with Gasteiger partial charge in [0.15, 0.2) is 11.6 Å². The van der Waals surface area contributed by atoms with Crippen LogP contribution in [0.1, 0.15) is 17.3 Å². The molecule has 3 rings (SSSR count). The van der Waals surface area contributed by atoms with Gasteiger partial charge >= 0.3 is 5.69 Å². The molecule has 0 aliphatic rings. The highest BCUT2D eigenvalue weighted by Gasteiger charge is 2.26. The topological polar surface area (TPSA) is 129 Å². The zero-order chi connectivity index (χ0) is 19.0. The summed E-state index contributed by atoms with van der Waals surface area (Å²) < 4.78 is 1.94. The second-order valence-corrected chi connectivity index (χ2v) is 7.79. The number of aromatic nitrogens is 5. The van der Waals surface area contributed by atoms with Crippen LogP contribution in [0.15, 0.2) is 32.3 Å². The van der Waals surface area contributed by atoms with E-state index in [0.717, 1.165) is 25.8 Å². The fraction of sp³-hybridized carbons (Fsp3) is 0.267. The van der Waals surface area contributed by atoms with Crippen LogP contribution >= 0.6 is 23.1 Å². The Morgan fingerprint density at radius 1 is 1.35 bits per heavy atom. The molecule has 0 amide bonds. The van der Waals surface area contributed by atoms with Gasteiger partial charge in [-0.05, 0) is 18.4 Å². The molecule has 0 fully saturated rings. The lowest BCUT2D eigenvalue weighted by Gasteiger charge is -2.13. The average molecular weight is 392 g/mol. The predicted octanol–water partition coefficient (Wildman–Crippen LogP) is 0.876. The number of anilines is 1. The number of H-pyrrole nitrogens is 1. The molecular weight excluding hydrogens is 376 g/mol. The molecule has 0 saturated heterocycles. The van der Waals surface area contributed by atoms with Crippen molar-refractivity contribution in [2.75, 3.05) is 5.73 Å². The lowest BCUT2D eigenvalue weighted by Crippen LogP contribution is -2.42. The van der Waals surface area contributed by atoms with Gasteiger partial charge in [0.25, 0.3) is 5.56 Å². The molecule has 1 atom stereocenters. The Labute approximate surface area is 155 Å². The van der Waals surface area contributed by atoms with Crippen molar-refractivity contribution in [3.8, 4) is 10.7 Å². The van der Waals surface area contributed by atoms with Crippen LogP contribution in [0.5, 0.6) is 0 Å². The summed E-state index contributed by atoms with van der Waals surface area (Å²) in [6, 6.07) is 3.81. The van der Waals surface area contributed by atoms with Gasteiger partial charge in [-0.25, -0.2) is 9.78 Å². The summed E-state index contributed by atoms with van der Waals surface area (Å²) in [4.78, 5) is 42.2. The Balaban J connectivity index is 1.88. The number of hydrogen-bond donors (Lipinski definition) is 2. The highest BCUT2D eigenvalue weighted by Crippen LogP contribution is 2.26. The van der Waals surface area contributed by atoms with Gasteiger partial charge in [0, 0.05) is 14.1 Å². The van der Waals surface area contributed by atoms with Crippen LogP contribution in [0.4, 0.5) is 5.82 Å². The Morgan fingerprint density at radius 3 is 2.73 bits per heavy atom. The Hall–Kier alpha value is -2.66. The zero-order valence-corrected chi connectivity index (χ0v) is 15.8. The number of nitrogens with one attached hydrogen (secondary N) is 1. The minimum absolute atomic E-state index is 0.148. The van der Waals surface area contributed by atoms with E-state index in [0.29, 0.717) is 11.0 Å². The number of carbonyl (C=O) groups excluding carboxylic acids is 1. The van der Waals surface area contributed by atoms with E-state index in [2.05, 4.69) is 15.2 Å².